The quantitative estimate of drug-likeness (QED) is 0.815. The molecule has 3 heteroatoms. The molecule has 0 radical (unpaired) electrons. The summed E-state index contributed by atoms with van der Waals surface area (Å²) in [5.41, 5.74) is 11.1. The fraction of sp³-hybridized carbons (Fsp3) is 0.235. The van der Waals surface area contributed by atoms with Crippen LogP contribution in [0.3, 0.4) is 0 Å². The van der Waals surface area contributed by atoms with Gasteiger partial charge in [0.25, 0.3) is 0 Å². The number of nitrogens with two attached hydrogens (primary N) is 1. The standard InChI is InChI=1S/C17H19N3/c1-13-4-2-3-5-14(13)9-11-20-16-6-7-17(19)15(12-16)8-10-18/h2-7,12,20H,8-9,11,19H2,1H3. The largest absolute Gasteiger partial charge is 0.398 e. The molecule has 2 aromatic rings. The molecule has 2 rings (SSSR count). The third-order valence-corrected chi connectivity index (χ3v) is 3.40. The first-order valence-corrected chi connectivity index (χ1v) is 6.74. The lowest BCUT2D eigenvalue weighted by Gasteiger charge is -2.10. The van der Waals surface area contributed by atoms with Crippen molar-refractivity contribution < 1.29 is 0 Å². The number of nitrogens with one attached hydrogen (secondary N) is 1. The minimum absolute atomic E-state index is 0.346. The van der Waals surface area contributed by atoms with E-state index < -0.39 is 0 Å². The molecule has 0 fully saturated rings. The fourth-order valence-electron chi connectivity index (χ4n) is 2.19. The molecule has 0 aliphatic heterocycles. The lowest BCUT2D eigenvalue weighted by atomic mass is 10.1. The molecule has 2 aromatic carbocycles. The van der Waals surface area contributed by atoms with Crippen LogP contribution >= 0.6 is 0 Å². The number of nitriles is 1. The molecule has 0 spiro atoms. The van der Waals surface area contributed by atoms with Crippen molar-refractivity contribution in [2.45, 2.75) is 19.8 Å². The number of benzene rings is 2. The highest BCUT2D eigenvalue weighted by Gasteiger charge is 2.01. The van der Waals surface area contributed by atoms with Crippen molar-refractivity contribution in [1.82, 2.24) is 0 Å². The van der Waals surface area contributed by atoms with E-state index in [0.717, 1.165) is 24.2 Å². The van der Waals surface area contributed by atoms with E-state index in [2.05, 4.69) is 42.6 Å². The van der Waals surface area contributed by atoms with E-state index in [4.69, 9.17) is 11.0 Å². The van der Waals surface area contributed by atoms with Crippen LogP contribution in [0.5, 0.6) is 0 Å². The summed E-state index contributed by atoms with van der Waals surface area (Å²) in [4.78, 5) is 0. The second kappa shape index (κ2) is 6.63. The summed E-state index contributed by atoms with van der Waals surface area (Å²) < 4.78 is 0. The van der Waals surface area contributed by atoms with E-state index in [9.17, 15) is 0 Å². The fourth-order valence-corrected chi connectivity index (χ4v) is 2.19. The third-order valence-electron chi connectivity index (χ3n) is 3.40. The number of aryl methyl sites for hydroxylation is 1. The molecule has 3 N–H and O–H groups in total. The molecule has 0 heterocycles. The first kappa shape index (κ1) is 14.0. The Labute approximate surface area is 120 Å². The van der Waals surface area contributed by atoms with Crippen molar-refractivity contribution in [1.29, 1.82) is 5.26 Å². The lowest BCUT2D eigenvalue weighted by Crippen LogP contribution is -2.06. The topological polar surface area (TPSA) is 61.8 Å². The van der Waals surface area contributed by atoms with Gasteiger partial charge in [-0.2, -0.15) is 5.26 Å². The normalized spacial score (nSPS) is 10.0. The smallest absolute Gasteiger partial charge is 0.0670 e. The van der Waals surface area contributed by atoms with Gasteiger partial charge in [-0.05, 0) is 48.2 Å². The number of nitrogen functional groups attached to an aromatic ring is 1. The van der Waals surface area contributed by atoms with Gasteiger partial charge in [0.15, 0.2) is 0 Å². The minimum Gasteiger partial charge on any atom is -0.398 e. The maximum absolute atomic E-state index is 8.76. The average Bonchev–Trinajstić information content (AvgIpc) is 2.45. The number of hydrogen-bond donors (Lipinski definition) is 2. The average molecular weight is 265 g/mol. The van der Waals surface area contributed by atoms with Gasteiger partial charge in [0.05, 0.1) is 12.5 Å². The van der Waals surface area contributed by atoms with Crippen LogP contribution in [0.2, 0.25) is 0 Å². The minimum atomic E-state index is 0.346. The molecule has 20 heavy (non-hydrogen) atoms. The Bertz CT molecular complexity index is 626. The van der Waals surface area contributed by atoms with Gasteiger partial charge >= 0.3 is 0 Å². The van der Waals surface area contributed by atoms with E-state index in [-0.39, 0.29) is 0 Å². The van der Waals surface area contributed by atoms with Crippen LogP contribution < -0.4 is 11.1 Å². The molecule has 0 bridgehead atoms. The Morgan fingerprint density at radius 1 is 1.15 bits per heavy atom. The maximum atomic E-state index is 8.76. The van der Waals surface area contributed by atoms with Gasteiger partial charge in [-0.3, -0.25) is 0 Å². The molecule has 0 atom stereocenters. The van der Waals surface area contributed by atoms with Gasteiger partial charge in [-0.25, -0.2) is 0 Å². The van der Waals surface area contributed by atoms with E-state index in [0.29, 0.717) is 12.1 Å². The van der Waals surface area contributed by atoms with Crippen LogP contribution in [0.25, 0.3) is 0 Å². The Hall–Kier alpha value is -2.47. The van der Waals surface area contributed by atoms with Crippen LogP contribution in [-0.2, 0) is 12.8 Å². The first-order chi connectivity index (χ1) is 9.70. The number of anilines is 2. The van der Waals surface area contributed by atoms with E-state index in [1.807, 2.05) is 18.2 Å². The summed E-state index contributed by atoms with van der Waals surface area (Å²) in [6.45, 7) is 2.99. The summed E-state index contributed by atoms with van der Waals surface area (Å²) in [7, 11) is 0. The summed E-state index contributed by atoms with van der Waals surface area (Å²) >= 11 is 0. The molecule has 0 aliphatic carbocycles. The highest BCUT2D eigenvalue weighted by atomic mass is 14.9. The zero-order chi connectivity index (χ0) is 14.4. The van der Waals surface area contributed by atoms with Gasteiger partial charge in [0.1, 0.15) is 0 Å². The number of nitrogens with zero attached hydrogens (tertiary/aromatic N) is 1. The second-order valence-electron chi connectivity index (χ2n) is 4.85. The van der Waals surface area contributed by atoms with Crippen molar-refractivity contribution in [2.75, 3.05) is 17.6 Å². The molecular weight excluding hydrogens is 246 g/mol. The van der Waals surface area contributed by atoms with Crippen LogP contribution in [0.15, 0.2) is 42.5 Å². The molecule has 0 aromatic heterocycles. The Morgan fingerprint density at radius 2 is 1.95 bits per heavy atom. The molecular formula is C17H19N3. The van der Waals surface area contributed by atoms with Gasteiger partial charge in [0, 0.05) is 17.9 Å². The number of rotatable bonds is 5. The van der Waals surface area contributed by atoms with Gasteiger partial charge in [-0.15, -0.1) is 0 Å². The Morgan fingerprint density at radius 3 is 2.70 bits per heavy atom. The molecule has 102 valence electrons. The van der Waals surface area contributed by atoms with E-state index in [1.165, 1.54) is 11.1 Å². The van der Waals surface area contributed by atoms with Crippen molar-refractivity contribution >= 4 is 11.4 Å². The monoisotopic (exact) mass is 265 g/mol. The van der Waals surface area contributed by atoms with Crippen LogP contribution in [0.4, 0.5) is 11.4 Å². The number of hydrogen-bond acceptors (Lipinski definition) is 3. The van der Waals surface area contributed by atoms with E-state index in [1.54, 1.807) is 0 Å². The lowest BCUT2D eigenvalue weighted by molar-refractivity contribution is 1.00. The SMILES string of the molecule is Cc1ccccc1CCNc1ccc(N)c(CC#N)c1. The second-order valence-corrected chi connectivity index (χ2v) is 4.85. The van der Waals surface area contributed by atoms with Crippen molar-refractivity contribution in [3.63, 3.8) is 0 Å². The summed E-state index contributed by atoms with van der Waals surface area (Å²) in [5, 5.41) is 12.1. The summed E-state index contributed by atoms with van der Waals surface area (Å²) in [5.74, 6) is 0. The van der Waals surface area contributed by atoms with Gasteiger partial charge in [0.2, 0.25) is 0 Å². The third kappa shape index (κ3) is 3.52. The van der Waals surface area contributed by atoms with Crippen LogP contribution in [-0.4, -0.2) is 6.54 Å². The van der Waals surface area contributed by atoms with E-state index >= 15 is 0 Å². The van der Waals surface area contributed by atoms with Gasteiger partial charge in [-0.1, -0.05) is 24.3 Å². The summed E-state index contributed by atoms with van der Waals surface area (Å²) in [6.07, 6.45) is 1.32. The molecule has 0 saturated carbocycles. The zero-order valence-corrected chi connectivity index (χ0v) is 11.7. The molecule has 0 amide bonds. The van der Waals surface area contributed by atoms with Crippen molar-refractivity contribution in [2.24, 2.45) is 0 Å². The first-order valence-electron chi connectivity index (χ1n) is 6.74. The predicted octanol–water partition coefficient (Wildman–Crippen LogP) is 3.30. The molecule has 0 unspecified atom stereocenters. The Kier molecular flexibility index (Phi) is 4.62. The maximum Gasteiger partial charge on any atom is 0.0670 e. The molecule has 0 aliphatic rings. The Balaban J connectivity index is 1.96. The summed E-state index contributed by atoms with van der Waals surface area (Å²) in [6, 6.07) is 16.3. The molecule has 0 saturated heterocycles. The molecule has 3 nitrogen and oxygen atoms in total. The predicted molar refractivity (Wildman–Crippen MR) is 83.5 cm³/mol. The highest BCUT2D eigenvalue weighted by molar-refractivity contribution is 5.58. The van der Waals surface area contributed by atoms with Crippen LogP contribution in [0, 0.1) is 18.3 Å². The highest BCUT2D eigenvalue weighted by Crippen LogP contribution is 2.18. The van der Waals surface area contributed by atoms with Crippen molar-refractivity contribution in [3.8, 4) is 6.07 Å². The van der Waals surface area contributed by atoms with Crippen molar-refractivity contribution in [3.05, 3.63) is 59.2 Å². The van der Waals surface area contributed by atoms with Gasteiger partial charge < -0.3 is 11.1 Å². The zero-order valence-electron chi connectivity index (χ0n) is 11.7. The van der Waals surface area contributed by atoms with Crippen LogP contribution in [0.1, 0.15) is 16.7 Å².